The van der Waals surface area contributed by atoms with E-state index in [1.807, 2.05) is 54.6 Å². The van der Waals surface area contributed by atoms with Crippen molar-refractivity contribution in [1.29, 1.82) is 0 Å². The normalized spacial score (nSPS) is 26.6. The fraction of sp³-hybridized carbons (Fsp3) is 0.333. The molecule has 4 atom stereocenters. The zero-order valence-electron chi connectivity index (χ0n) is 21.4. The van der Waals surface area contributed by atoms with Crippen molar-refractivity contribution in [3.63, 3.8) is 0 Å². The third kappa shape index (κ3) is 3.32. The van der Waals surface area contributed by atoms with Crippen molar-refractivity contribution in [2.24, 2.45) is 11.8 Å². The molecule has 1 aromatic heterocycles. The Morgan fingerprint density at radius 1 is 1.05 bits per heavy atom. The molecule has 2 aromatic carbocycles. The highest BCUT2D eigenvalue weighted by Gasteiger charge is 2.71. The SMILES string of the molecule is CCOC(=O)c1c(N2C(=O)[C@H]3[C@@H](C2=O)[C@]2(N[C@@H]3Cc3ccccc3)C(=O)Nc3ccccc32)sc2c1CCC2. The number of nitrogens with zero attached hydrogens (tertiary/aromatic N) is 1. The van der Waals surface area contributed by atoms with E-state index in [-0.39, 0.29) is 18.4 Å². The third-order valence-electron chi connectivity index (χ3n) is 8.51. The molecule has 39 heavy (non-hydrogen) atoms. The summed E-state index contributed by atoms with van der Waals surface area (Å²) < 4.78 is 5.38. The molecule has 198 valence electrons. The Bertz CT molecular complexity index is 1550. The van der Waals surface area contributed by atoms with Crippen LogP contribution in [0.3, 0.4) is 0 Å². The first-order valence-corrected chi connectivity index (χ1v) is 14.2. The van der Waals surface area contributed by atoms with E-state index >= 15 is 0 Å². The largest absolute Gasteiger partial charge is 0.462 e. The summed E-state index contributed by atoms with van der Waals surface area (Å²) in [6, 6.07) is 16.6. The molecule has 4 heterocycles. The van der Waals surface area contributed by atoms with Gasteiger partial charge in [-0.15, -0.1) is 11.3 Å². The van der Waals surface area contributed by atoms with Crippen molar-refractivity contribution in [1.82, 2.24) is 5.32 Å². The van der Waals surface area contributed by atoms with Gasteiger partial charge in [-0.25, -0.2) is 9.69 Å². The molecule has 3 amide bonds. The Balaban J connectivity index is 1.38. The van der Waals surface area contributed by atoms with Crippen molar-refractivity contribution < 1.29 is 23.9 Å². The van der Waals surface area contributed by atoms with E-state index in [0.29, 0.717) is 34.7 Å². The maximum absolute atomic E-state index is 14.4. The van der Waals surface area contributed by atoms with Crippen LogP contribution in [-0.2, 0) is 43.9 Å². The maximum atomic E-state index is 14.4. The van der Waals surface area contributed by atoms with Crippen LogP contribution >= 0.6 is 11.3 Å². The predicted octanol–water partition coefficient (Wildman–Crippen LogP) is 3.58. The number of ether oxygens (including phenoxy) is 1. The Hall–Kier alpha value is -3.82. The van der Waals surface area contributed by atoms with Crippen molar-refractivity contribution in [3.05, 3.63) is 81.7 Å². The number of rotatable bonds is 5. The lowest BCUT2D eigenvalue weighted by atomic mass is 9.76. The number of esters is 1. The first-order valence-electron chi connectivity index (χ1n) is 13.4. The van der Waals surface area contributed by atoms with Crippen LogP contribution in [0.15, 0.2) is 54.6 Å². The molecule has 9 heteroatoms. The molecule has 2 N–H and O–H groups in total. The minimum Gasteiger partial charge on any atom is -0.462 e. The van der Waals surface area contributed by atoms with Gasteiger partial charge in [0.05, 0.1) is 24.0 Å². The van der Waals surface area contributed by atoms with E-state index in [4.69, 9.17) is 4.74 Å². The zero-order valence-corrected chi connectivity index (χ0v) is 22.2. The number of nitrogens with one attached hydrogen (secondary N) is 2. The first kappa shape index (κ1) is 24.2. The van der Waals surface area contributed by atoms with Gasteiger partial charge in [0, 0.05) is 22.2 Å². The number of aryl methyl sites for hydroxylation is 1. The second-order valence-electron chi connectivity index (χ2n) is 10.5. The van der Waals surface area contributed by atoms with Crippen LogP contribution < -0.4 is 15.5 Å². The van der Waals surface area contributed by atoms with Crippen LogP contribution in [0.5, 0.6) is 0 Å². The third-order valence-corrected chi connectivity index (χ3v) is 9.78. The molecule has 3 aliphatic heterocycles. The topological polar surface area (TPSA) is 105 Å². The van der Waals surface area contributed by atoms with Crippen molar-refractivity contribution >= 4 is 45.7 Å². The minimum atomic E-state index is -1.38. The Kier molecular flexibility index (Phi) is 5.50. The van der Waals surface area contributed by atoms with E-state index < -0.39 is 35.3 Å². The van der Waals surface area contributed by atoms with Gasteiger partial charge in [0.1, 0.15) is 10.5 Å². The van der Waals surface area contributed by atoms with Gasteiger partial charge in [-0.2, -0.15) is 0 Å². The fourth-order valence-electron chi connectivity index (χ4n) is 6.96. The van der Waals surface area contributed by atoms with Crippen LogP contribution in [-0.4, -0.2) is 36.3 Å². The van der Waals surface area contributed by atoms with Gasteiger partial charge in [-0.3, -0.25) is 19.7 Å². The molecular formula is C30H27N3O5S. The van der Waals surface area contributed by atoms with Gasteiger partial charge in [-0.05, 0) is 49.8 Å². The van der Waals surface area contributed by atoms with E-state index in [9.17, 15) is 19.2 Å². The predicted molar refractivity (Wildman–Crippen MR) is 146 cm³/mol. The lowest BCUT2D eigenvalue weighted by Gasteiger charge is -2.29. The minimum absolute atomic E-state index is 0.194. The highest BCUT2D eigenvalue weighted by atomic mass is 32.1. The van der Waals surface area contributed by atoms with Gasteiger partial charge < -0.3 is 10.1 Å². The maximum Gasteiger partial charge on any atom is 0.341 e. The summed E-state index contributed by atoms with van der Waals surface area (Å²) in [4.78, 5) is 57.8. The van der Waals surface area contributed by atoms with E-state index in [2.05, 4.69) is 10.6 Å². The quantitative estimate of drug-likeness (QED) is 0.378. The monoisotopic (exact) mass is 541 g/mol. The second-order valence-corrected chi connectivity index (χ2v) is 11.6. The summed E-state index contributed by atoms with van der Waals surface area (Å²) in [7, 11) is 0. The highest BCUT2D eigenvalue weighted by molar-refractivity contribution is 7.17. The summed E-state index contributed by atoms with van der Waals surface area (Å²) in [5.74, 6) is -3.40. The van der Waals surface area contributed by atoms with Gasteiger partial charge >= 0.3 is 5.97 Å². The molecule has 2 saturated heterocycles. The van der Waals surface area contributed by atoms with Gasteiger partial charge in [0.15, 0.2) is 0 Å². The van der Waals surface area contributed by atoms with Gasteiger partial charge in [0.2, 0.25) is 17.7 Å². The van der Waals surface area contributed by atoms with Gasteiger partial charge in [-0.1, -0.05) is 48.5 Å². The molecule has 0 saturated carbocycles. The standard InChI is InChI=1S/C30H27N3O5S/c1-2-38-28(36)22-17-11-8-14-21(17)39-27(22)33-25(34)23-20(15-16-9-4-3-5-10-16)32-30(24(23)26(33)35)18-12-6-7-13-19(18)31-29(30)37/h3-7,9-10,12-13,20,23-24,32H,2,8,11,14-15H2,1H3,(H,31,37)/t20-,23-,24+,30+/m1/s1. The number of hydrogen-bond acceptors (Lipinski definition) is 7. The number of para-hydroxylation sites is 1. The average Bonchev–Trinajstić information content (AvgIpc) is 3.70. The number of amides is 3. The average molecular weight is 542 g/mol. The number of carbonyl (C=O) groups excluding carboxylic acids is 4. The Morgan fingerprint density at radius 3 is 2.62 bits per heavy atom. The molecule has 4 aliphatic rings. The number of anilines is 2. The fourth-order valence-corrected chi connectivity index (χ4v) is 8.35. The van der Waals surface area contributed by atoms with Crippen molar-refractivity contribution in [2.45, 2.75) is 44.2 Å². The molecule has 8 nitrogen and oxygen atoms in total. The first-order chi connectivity index (χ1) is 19.0. The number of hydrogen-bond donors (Lipinski definition) is 2. The lowest BCUT2D eigenvalue weighted by molar-refractivity contribution is -0.130. The molecule has 7 rings (SSSR count). The molecule has 2 fully saturated rings. The zero-order chi connectivity index (χ0) is 26.9. The molecule has 0 bridgehead atoms. The second kappa shape index (κ2) is 8.86. The van der Waals surface area contributed by atoms with E-state index in [0.717, 1.165) is 28.8 Å². The van der Waals surface area contributed by atoms with Crippen LogP contribution in [0.1, 0.15) is 45.3 Å². The van der Waals surface area contributed by atoms with Crippen molar-refractivity contribution in [3.8, 4) is 0 Å². The molecule has 0 unspecified atom stereocenters. The van der Waals surface area contributed by atoms with Gasteiger partial charge in [0.25, 0.3) is 0 Å². The highest BCUT2D eigenvalue weighted by Crippen LogP contribution is 2.55. The van der Waals surface area contributed by atoms with Crippen LogP contribution in [0.2, 0.25) is 0 Å². The smallest absolute Gasteiger partial charge is 0.341 e. The summed E-state index contributed by atoms with van der Waals surface area (Å²) in [5.41, 5.74) is 2.13. The van der Waals surface area contributed by atoms with Crippen LogP contribution in [0.25, 0.3) is 0 Å². The lowest BCUT2D eigenvalue weighted by Crippen LogP contribution is -2.53. The molecular weight excluding hydrogens is 514 g/mol. The molecule has 1 spiro atoms. The van der Waals surface area contributed by atoms with Crippen LogP contribution in [0, 0.1) is 11.8 Å². The molecule has 0 radical (unpaired) electrons. The Morgan fingerprint density at radius 2 is 1.82 bits per heavy atom. The summed E-state index contributed by atoms with van der Waals surface area (Å²) in [5, 5.41) is 6.76. The summed E-state index contributed by atoms with van der Waals surface area (Å²) in [6.45, 7) is 1.93. The number of imide groups is 1. The molecule has 3 aromatic rings. The number of thiophene rings is 1. The summed E-state index contributed by atoms with van der Waals surface area (Å²) >= 11 is 1.33. The molecule has 1 aliphatic carbocycles. The van der Waals surface area contributed by atoms with Crippen molar-refractivity contribution in [2.75, 3.05) is 16.8 Å². The number of fused-ring (bicyclic) bond motifs is 5. The van der Waals surface area contributed by atoms with Crippen LogP contribution in [0.4, 0.5) is 10.7 Å². The summed E-state index contributed by atoms with van der Waals surface area (Å²) in [6.07, 6.45) is 2.90. The van der Waals surface area contributed by atoms with E-state index in [1.165, 1.54) is 16.2 Å². The van der Waals surface area contributed by atoms with E-state index in [1.54, 1.807) is 6.92 Å². The number of carbonyl (C=O) groups is 4. The Labute approximate surface area is 229 Å². The number of benzene rings is 2.